The number of methoxy groups -OCH3 is 1. The molecule has 0 aromatic carbocycles. The maximum Gasteiger partial charge on any atom is 0.187 e. The maximum atomic E-state index is 11.3. The molecule has 5 saturated heterocycles. The fourth-order valence-electron chi connectivity index (χ4n) is 5.22. The van der Waals surface area contributed by atoms with Crippen LogP contribution in [-0.4, -0.2) is 150 Å². The van der Waals surface area contributed by atoms with Gasteiger partial charge in [-0.3, -0.25) is 0 Å². The minimum Gasteiger partial charge on any atom is -0.390 e. The van der Waals surface area contributed by atoms with Gasteiger partial charge in [0.25, 0.3) is 0 Å². The molecule has 5 aliphatic heterocycles. The summed E-state index contributed by atoms with van der Waals surface area (Å²) in [5.74, 6) is 0. The molecule has 0 spiro atoms. The van der Waals surface area contributed by atoms with Crippen LogP contribution in [0.15, 0.2) is 0 Å². The lowest BCUT2D eigenvalue weighted by molar-refractivity contribution is -0.385. The number of rotatable bonds is 3. The SMILES string of the molecule is CO[C@H]1O[C@@H]2COCCCCCCOC[C@H]3O[C@H](O[C@H]1[C@@H](O[C@H]1O[C@H](C)[C@H](O)C[C@H]1O)[C@@H]2O)[C@H](O)[C@@H](O)[C@H]3O. The Balaban J connectivity index is 1.59. The average Bonchev–Trinajstić information content (AvgIpc) is 2.91. The van der Waals surface area contributed by atoms with Crippen molar-refractivity contribution in [2.24, 2.45) is 0 Å². The van der Waals surface area contributed by atoms with Crippen molar-refractivity contribution in [2.45, 2.75) is 125 Å². The second-order valence-electron chi connectivity index (χ2n) is 10.6. The van der Waals surface area contributed by atoms with Gasteiger partial charge in [0.2, 0.25) is 0 Å². The summed E-state index contributed by atoms with van der Waals surface area (Å²) in [6, 6.07) is 0. The highest BCUT2D eigenvalue weighted by atomic mass is 16.8. The van der Waals surface area contributed by atoms with Gasteiger partial charge in [-0.1, -0.05) is 12.8 Å². The van der Waals surface area contributed by atoms with Gasteiger partial charge in [-0.05, 0) is 19.8 Å². The van der Waals surface area contributed by atoms with E-state index in [0.717, 1.165) is 25.7 Å². The van der Waals surface area contributed by atoms with E-state index in [2.05, 4.69) is 0 Å². The summed E-state index contributed by atoms with van der Waals surface area (Å²) < 4.78 is 46.4. The second-order valence-corrected chi connectivity index (χ2v) is 10.6. The molecule has 0 unspecified atom stereocenters. The van der Waals surface area contributed by atoms with Crippen molar-refractivity contribution in [1.82, 2.24) is 0 Å². The summed E-state index contributed by atoms with van der Waals surface area (Å²) in [4.78, 5) is 0. The molecule has 0 aliphatic carbocycles. The molecule has 228 valence electrons. The summed E-state index contributed by atoms with van der Waals surface area (Å²) in [6.07, 6.45) is -13.7. The van der Waals surface area contributed by atoms with Crippen molar-refractivity contribution in [3.8, 4) is 0 Å². The number of aliphatic hydroxyl groups excluding tert-OH is 6. The van der Waals surface area contributed by atoms with Gasteiger partial charge >= 0.3 is 0 Å². The lowest BCUT2D eigenvalue weighted by Gasteiger charge is -2.48. The smallest absolute Gasteiger partial charge is 0.187 e. The molecule has 0 aromatic rings. The van der Waals surface area contributed by atoms with E-state index in [1.54, 1.807) is 6.92 Å². The molecule has 5 fully saturated rings. The number of aliphatic hydroxyl groups is 6. The molecule has 14 nitrogen and oxygen atoms in total. The van der Waals surface area contributed by atoms with E-state index < -0.39 is 86.0 Å². The van der Waals surface area contributed by atoms with E-state index >= 15 is 0 Å². The minimum atomic E-state index is -1.66. The zero-order valence-electron chi connectivity index (χ0n) is 22.4. The molecule has 5 heterocycles. The lowest BCUT2D eigenvalue weighted by Crippen LogP contribution is -2.66. The zero-order chi connectivity index (χ0) is 28.1. The van der Waals surface area contributed by atoms with Crippen molar-refractivity contribution in [2.75, 3.05) is 33.5 Å². The Hall–Kier alpha value is -0.560. The van der Waals surface area contributed by atoms with Crippen molar-refractivity contribution in [3.05, 3.63) is 0 Å². The Morgan fingerprint density at radius 3 is 1.92 bits per heavy atom. The summed E-state index contributed by atoms with van der Waals surface area (Å²) >= 11 is 0. The van der Waals surface area contributed by atoms with Gasteiger partial charge in [0, 0.05) is 26.7 Å². The van der Waals surface area contributed by atoms with Gasteiger partial charge < -0.3 is 68.5 Å². The highest BCUT2D eigenvalue weighted by Crippen LogP contribution is 2.33. The summed E-state index contributed by atoms with van der Waals surface area (Å²) in [6.45, 7) is 2.49. The maximum absolute atomic E-state index is 11.3. The first kappa shape index (κ1) is 31.4. The van der Waals surface area contributed by atoms with Crippen LogP contribution in [0.4, 0.5) is 0 Å². The lowest BCUT2D eigenvalue weighted by atomic mass is 9.96. The zero-order valence-corrected chi connectivity index (χ0v) is 22.4. The first-order chi connectivity index (χ1) is 18.7. The number of hydrogen-bond acceptors (Lipinski definition) is 14. The van der Waals surface area contributed by atoms with Gasteiger partial charge in [-0.25, -0.2) is 0 Å². The Morgan fingerprint density at radius 2 is 1.28 bits per heavy atom. The normalized spacial score (nSPS) is 49.2. The van der Waals surface area contributed by atoms with Gasteiger partial charge in [-0.2, -0.15) is 0 Å². The van der Waals surface area contributed by atoms with Crippen LogP contribution in [0.5, 0.6) is 0 Å². The summed E-state index contributed by atoms with van der Waals surface area (Å²) in [5, 5.41) is 63.6. The largest absolute Gasteiger partial charge is 0.390 e. The van der Waals surface area contributed by atoms with Gasteiger partial charge in [0.15, 0.2) is 18.9 Å². The third-order valence-electron chi connectivity index (χ3n) is 7.68. The Kier molecular flexibility index (Phi) is 11.7. The van der Waals surface area contributed by atoms with Crippen molar-refractivity contribution in [1.29, 1.82) is 0 Å². The fraction of sp³-hybridized carbons (Fsp3) is 1.00. The van der Waals surface area contributed by atoms with Crippen LogP contribution in [0.3, 0.4) is 0 Å². The van der Waals surface area contributed by atoms with Crippen molar-refractivity contribution >= 4 is 0 Å². The molecule has 0 aromatic heterocycles. The highest BCUT2D eigenvalue weighted by Gasteiger charge is 2.53. The summed E-state index contributed by atoms with van der Waals surface area (Å²) in [5.41, 5.74) is 0. The molecule has 6 N–H and O–H groups in total. The summed E-state index contributed by atoms with van der Waals surface area (Å²) in [7, 11) is 1.36. The molecular weight excluding hydrogens is 524 g/mol. The first-order valence-corrected chi connectivity index (χ1v) is 13.7. The topological polar surface area (TPSA) is 195 Å². The predicted molar refractivity (Wildman–Crippen MR) is 129 cm³/mol. The Bertz CT molecular complexity index is 731. The molecule has 0 saturated carbocycles. The van der Waals surface area contributed by atoms with E-state index in [0.29, 0.717) is 13.2 Å². The van der Waals surface area contributed by atoms with E-state index in [1.807, 2.05) is 0 Å². The first-order valence-electron chi connectivity index (χ1n) is 13.7. The molecule has 14 heteroatoms. The number of ether oxygens (including phenoxy) is 8. The Morgan fingerprint density at radius 1 is 0.641 bits per heavy atom. The molecule has 5 rings (SSSR count). The van der Waals surface area contributed by atoms with Crippen LogP contribution >= 0.6 is 0 Å². The van der Waals surface area contributed by atoms with E-state index in [-0.39, 0.29) is 19.6 Å². The van der Waals surface area contributed by atoms with Crippen LogP contribution in [0.1, 0.15) is 39.0 Å². The van der Waals surface area contributed by atoms with E-state index in [9.17, 15) is 30.6 Å². The quantitative estimate of drug-likeness (QED) is 0.214. The fourth-order valence-corrected chi connectivity index (χ4v) is 5.22. The van der Waals surface area contributed by atoms with Crippen LogP contribution in [0, 0.1) is 0 Å². The van der Waals surface area contributed by atoms with Crippen LogP contribution in [0.2, 0.25) is 0 Å². The second kappa shape index (κ2) is 14.6. The van der Waals surface area contributed by atoms with Gasteiger partial charge in [-0.15, -0.1) is 0 Å². The van der Waals surface area contributed by atoms with Crippen LogP contribution in [0.25, 0.3) is 0 Å². The monoisotopic (exact) mass is 568 g/mol. The molecule has 0 radical (unpaired) electrons. The highest BCUT2D eigenvalue weighted by molar-refractivity contribution is 4.95. The minimum absolute atomic E-state index is 0.00682. The van der Waals surface area contributed by atoms with E-state index in [1.165, 1.54) is 7.11 Å². The van der Waals surface area contributed by atoms with Crippen LogP contribution in [-0.2, 0) is 37.9 Å². The molecular formula is C25H44O14. The molecule has 39 heavy (non-hydrogen) atoms. The third-order valence-corrected chi connectivity index (χ3v) is 7.68. The molecule has 5 aliphatic rings. The van der Waals surface area contributed by atoms with E-state index in [4.69, 9.17) is 37.9 Å². The molecule has 4 bridgehead atoms. The Labute approximate surface area is 227 Å². The van der Waals surface area contributed by atoms with Crippen molar-refractivity contribution in [3.63, 3.8) is 0 Å². The molecule has 14 atom stereocenters. The number of fused-ring (bicyclic) bond motifs is 11. The van der Waals surface area contributed by atoms with Gasteiger partial charge in [0.1, 0.15) is 54.9 Å². The standard InChI is InChI=1S/C25H44O14/c1-12-13(26)9-14(27)23(35-12)38-21-18(29)16-11-34-8-6-4-3-5-7-33-10-15-17(28)19(30)20(31)24(36-15)39-22(21)25(32-2)37-16/h12-31H,3-11H2,1-2H3/t12-,13-,14-,15-,16-,17+,18-,19+,20-,21+,22+,23-,24-,25+/m1/s1. The third kappa shape index (κ3) is 7.64. The number of hydrogen-bond donors (Lipinski definition) is 6. The van der Waals surface area contributed by atoms with Crippen molar-refractivity contribution < 1.29 is 68.5 Å². The average molecular weight is 569 g/mol. The molecule has 0 amide bonds. The predicted octanol–water partition coefficient (Wildman–Crippen LogP) is -2.24. The van der Waals surface area contributed by atoms with Crippen LogP contribution < -0.4 is 0 Å². The van der Waals surface area contributed by atoms with Gasteiger partial charge in [0.05, 0.1) is 25.4 Å².